The number of fused-ring (bicyclic) bond motifs is 3. The van der Waals surface area contributed by atoms with Gasteiger partial charge >= 0.3 is 0 Å². The summed E-state index contributed by atoms with van der Waals surface area (Å²) in [6, 6.07) is 18.1. The molecule has 2 saturated carbocycles. The summed E-state index contributed by atoms with van der Waals surface area (Å²) in [4.78, 5) is 5.48. The Morgan fingerprint density at radius 3 is 2.13 bits per heavy atom. The van der Waals surface area contributed by atoms with Crippen LogP contribution in [0.1, 0.15) is 94.8 Å². The van der Waals surface area contributed by atoms with Gasteiger partial charge in [-0.3, -0.25) is 4.90 Å². The van der Waals surface area contributed by atoms with Gasteiger partial charge in [-0.25, -0.2) is 0 Å². The summed E-state index contributed by atoms with van der Waals surface area (Å²) < 4.78 is 10.3. The predicted octanol–water partition coefficient (Wildman–Crippen LogP) is 7.40. The zero-order valence-corrected chi connectivity index (χ0v) is 19.3. The van der Waals surface area contributed by atoms with Crippen LogP contribution in [0.5, 0.6) is 0 Å². The third-order valence-electron chi connectivity index (χ3n) is 8.81. The number of benzene rings is 2. The molecule has 164 valence electrons. The zero-order valence-electron chi connectivity index (χ0n) is 20.3. The molecule has 0 spiro atoms. The van der Waals surface area contributed by atoms with Crippen LogP contribution in [-0.2, 0) is 0 Å². The molecule has 0 bridgehead atoms. The topological polar surface area (TPSA) is 6.48 Å². The van der Waals surface area contributed by atoms with Crippen molar-refractivity contribution in [1.29, 1.82) is 0 Å². The summed E-state index contributed by atoms with van der Waals surface area (Å²) in [7, 11) is 0. The molecule has 4 atom stereocenters. The number of rotatable bonds is 3. The lowest BCUT2D eigenvalue weighted by Crippen LogP contribution is -2.47. The molecule has 2 heteroatoms. The third-order valence-corrected chi connectivity index (χ3v) is 8.81. The number of hydrogen-bond acceptors (Lipinski definition) is 2. The van der Waals surface area contributed by atoms with Crippen molar-refractivity contribution in [1.82, 2.24) is 4.90 Å². The Balaban J connectivity index is 1.54. The fraction of sp³-hybridized carbons (Fsp3) is 0.586. The molecule has 0 aromatic heterocycles. The molecular formula is C29H38N2. The average molecular weight is 416 g/mol. The van der Waals surface area contributed by atoms with Gasteiger partial charge in [-0.2, -0.15) is 0 Å². The Hall–Kier alpha value is -1.80. The van der Waals surface area contributed by atoms with Gasteiger partial charge in [0.2, 0.25) is 0 Å². The minimum Gasteiger partial charge on any atom is -0.351 e. The normalized spacial score (nSPS) is 34.7. The van der Waals surface area contributed by atoms with E-state index in [0.29, 0.717) is 30.1 Å². The Morgan fingerprint density at radius 1 is 0.774 bits per heavy atom. The van der Waals surface area contributed by atoms with Crippen LogP contribution in [0.4, 0.5) is 5.69 Å². The van der Waals surface area contributed by atoms with Gasteiger partial charge in [-0.15, -0.1) is 0 Å². The van der Waals surface area contributed by atoms with Gasteiger partial charge in [0.25, 0.3) is 0 Å². The first-order valence-electron chi connectivity index (χ1n) is 13.3. The fourth-order valence-corrected chi connectivity index (χ4v) is 7.48. The van der Waals surface area contributed by atoms with Crippen molar-refractivity contribution in [2.24, 2.45) is 11.8 Å². The van der Waals surface area contributed by atoms with Crippen molar-refractivity contribution in [3.63, 3.8) is 0 Å². The van der Waals surface area contributed by atoms with Crippen LogP contribution < -0.4 is 4.90 Å². The molecule has 2 heterocycles. The van der Waals surface area contributed by atoms with Crippen LogP contribution in [0.2, 0.25) is 0 Å². The van der Waals surface area contributed by atoms with Crippen molar-refractivity contribution in [2.75, 3.05) is 4.90 Å². The number of para-hydroxylation sites is 1. The van der Waals surface area contributed by atoms with Crippen LogP contribution in [-0.4, -0.2) is 17.1 Å². The van der Waals surface area contributed by atoms with Gasteiger partial charge < -0.3 is 4.90 Å². The summed E-state index contributed by atoms with van der Waals surface area (Å²) in [6.45, 7) is 4.70. The molecule has 3 unspecified atom stereocenters. The van der Waals surface area contributed by atoms with E-state index in [1.54, 1.807) is 0 Å². The molecule has 31 heavy (non-hydrogen) atoms. The van der Waals surface area contributed by atoms with E-state index in [1.165, 1.54) is 80.2 Å². The summed E-state index contributed by atoms with van der Waals surface area (Å²) >= 11 is 0. The highest BCUT2D eigenvalue weighted by atomic mass is 15.5. The van der Waals surface area contributed by atoms with Crippen LogP contribution >= 0.6 is 0 Å². The second-order valence-corrected chi connectivity index (χ2v) is 10.6. The Bertz CT molecular complexity index is 977. The minimum absolute atomic E-state index is 0.316. The minimum atomic E-state index is -0.597. The van der Waals surface area contributed by atoms with Gasteiger partial charge in [0.05, 0.1) is 13.6 Å². The maximum Gasteiger partial charge on any atom is 0.0864 e. The molecule has 2 aliphatic heterocycles. The van der Waals surface area contributed by atoms with E-state index < -0.39 is 6.02 Å². The lowest BCUT2D eigenvalue weighted by atomic mass is 9.80. The van der Waals surface area contributed by atoms with Gasteiger partial charge in [0.1, 0.15) is 0 Å². The standard InChI is InChI=1S/C29H38N2/c1-20-12-6-11-19-26(20)30-21(2)27-24-17-9-10-18-25(24)28(22-13-4-3-5-14-22)31(27)29(30)23-15-7-8-16-23/h6,9-12,17-19,21-23,27-29H,3-5,7-8,13-16H2,1-2H3/t21-,27?,28?,29?/m0/s1/i28D. The fourth-order valence-electron chi connectivity index (χ4n) is 7.48. The Morgan fingerprint density at radius 2 is 1.39 bits per heavy atom. The van der Waals surface area contributed by atoms with Crippen molar-refractivity contribution < 1.29 is 1.37 Å². The summed E-state index contributed by atoms with van der Waals surface area (Å²) in [6.07, 6.45) is 12.0. The molecular weight excluding hydrogens is 376 g/mol. The Kier molecular flexibility index (Phi) is 4.81. The molecule has 3 fully saturated rings. The summed E-state index contributed by atoms with van der Waals surface area (Å²) in [5, 5.41) is 0. The van der Waals surface area contributed by atoms with Gasteiger partial charge in [-0.05, 0) is 74.1 Å². The predicted molar refractivity (Wildman–Crippen MR) is 129 cm³/mol. The van der Waals surface area contributed by atoms with Crippen LogP contribution in [0.25, 0.3) is 0 Å². The molecule has 2 nitrogen and oxygen atoms in total. The highest BCUT2D eigenvalue weighted by Crippen LogP contribution is 2.58. The highest BCUT2D eigenvalue weighted by molar-refractivity contribution is 5.58. The van der Waals surface area contributed by atoms with Crippen molar-refractivity contribution in [3.05, 3.63) is 65.2 Å². The molecule has 0 amide bonds. The first-order valence-corrected chi connectivity index (χ1v) is 12.8. The van der Waals surface area contributed by atoms with Crippen molar-refractivity contribution in [3.8, 4) is 0 Å². The van der Waals surface area contributed by atoms with Crippen LogP contribution in [0, 0.1) is 18.8 Å². The average Bonchev–Trinajstić information content (AvgIpc) is 3.52. The molecule has 4 aliphatic rings. The lowest BCUT2D eigenvalue weighted by Gasteiger charge is -2.43. The lowest BCUT2D eigenvalue weighted by molar-refractivity contribution is 0.0635. The molecule has 6 rings (SSSR count). The third kappa shape index (κ3) is 3.09. The van der Waals surface area contributed by atoms with Crippen molar-refractivity contribution in [2.45, 2.75) is 95.9 Å². The van der Waals surface area contributed by atoms with Crippen LogP contribution in [0.3, 0.4) is 0 Å². The molecule has 2 aliphatic carbocycles. The van der Waals surface area contributed by atoms with E-state index in [2.05, 4.69) is 72.2 Å². The zero-order chi connectivity index (χ0) is 21.9. The highest BCUT2D eigenvalue weighted by Gasteiger charge is 2.57. The quantitative estimate of drug-likeness (QED) is 0.515. The van der Waals surface area contributed by atoms with Crippen LogP contribution in [0.15, 0.2) is 48.5 Å². The summed E-state index contributed by atoms with van der Waals surface area (Å²) in [5.74, 6) is 1.10. The first-order chi connectivity index (χ1) is 15.6. The molecule has 1 saturated heterocycles. The molecule has 0 radical (unpaired) electrons. The van der Waals surface area contributed by atoms with Gasteiger partial charge in [-0.1, -0.05) is 74.6 Å². The summed E-state index contributed by atoms with van der Waals surface area (Å²) in [5.41, 5.74) is 5.50. The van der Waals surface area contributed by atoms with Gasteiger partial charge in [0.15, 0.2) is 0 Å². The van der Waals surface area contributed by atoms with Gasteiger partial charge in [0, 0.05) is 17.7 Å². The number of nitrogens with zero attached hydrogens (tertiary/aromatic N) is 2. The number of aryl methyl sites for hydroxylation is 1. The monoisotopic (exact) mass is 415 g/mol. The second-order valence-electron chi connectivity index (χ2n) is 10.6. The maximum atomic E-state index is 10.3. The van der Waals surface area contributed by atoms with E-state index in [9.17, 15) is 1.37 Å². The largest absolute Gasteiger partial charge is 0.351 e. The van der Waals surface area contributed by atoms with E-state index in [4.69, 9.17) is 0 Å². The first kappa shape index (κ1) is 18.7. The molecule has 2 aromatic carbocycles. The number of anilines is 1. The van der Waals surface area contributed by atoms with E-state index in [0.717, 1.165) is 0 Å². The van der Waals surface area contributed by atoms with E-state index in [1.807, 2.05) is 0 Å². The van der Waals surface area contributed by atoms with E-state index in [-0.39, 0.29) is 0 Å². The smallest absolute Gasteiger partial charge is 0.0864 e. The van der Waals surface area contributed by atoms with E-state index >= 15 is 0 Å². The van der Waals surface area contributed by atoms with Crippen molar-refractivity contribution >= 4 is 5.69 Å². The Labute approximate surface area is 190 Å². The molecule has 2 aromatic rings. The maximum absolute atomic E-state index is 10.3. The SMILES string of the molecule is [2H]C1(C2CCCCC2)c2ccccc2C2[C@H](C)N(c3ccccc3C)C(C3CCCC3)N21. The molecule has 0 N–H and O–H groups in total. The second kappa shape index (κ2) is 7.96. The number of hydrogen-bond donors (Lipinski definition) is 0.